The Labute approximate surface area is 96.2 Å². The van der Waals surface area contributed by atoms with E-state index >= 15 is 0 Å². The molecule has 0 unspecified atom stereocenters. The van der Waals surface area contributed by atoms with E-state index in [0.717, 1.165) is 0 Å². The van der Waals surface area contributed by atoms with Crippen LogP contribution in [0.25, 0.3) is 0 Å². The lowest BCUT2D eigenvalue weighted by atomic mass is 10.4. The standard InChI is InChI=1S/C11H14N2O2S/c1-2-13(10-6-9-12)16(14,15)11-7-4-3-5-8-11/h3-5,7-8H,2,6,10H2,1H3. The molecule has 1 aromatic carbocycles. The minimum atomic E-state index is -3.44. The van der Waals surface area contributed by atoms with Gasteiger partial charge in [-0.1, -0.05) is 25.1 Å². The van der Waals surface area contributed by atoms with Gasteiger partial charge >= 0.3 is 0 Å². The van der Waals surface area contributed by atoms with Gasteiger partial charge in [-0.15, -0.1) is 0 Å². The average Bonchev–Trinajstić information content (AvgIpc) is 2.31. The fourth-order valence-corrected chi connectivity index (χ4v) is 2.84. The highest BCUT2D eigenvalue weighted by Gasteiger charge is 2.21. The van der Waals surface area contributed by atoms with Crippen molar-refractivity contribution in [3.63, 3.8) is 0 Å². The number of sulfonamides is 1. The molecule has 0 saturated heterocycles. The molecule has 0 spiro atoms. The minimum absolute atomic E-state index is 0.208. The number of hydrogen-bond acceptors (Lipinski definition) is 3. The van der Waals surface area contributed by atoms with Crippen molar-refractivity contribution in [1.82, 2.24) is 4.31 Å². The van der Waals surface area contributed by atoms with E-state index in [0.29, 0.717) is 6.54 Å². The fourth-order valence-electron chi connectivity index (χ4n) is 1.36. The second-order valence-electron chi connectivity index (χ2n) is 3.22. The Kier molecular flexibility index (Phi) is 4.47. The molecule has 0 radical (unpaired) electrons. The predicted molar refractivity (Wildman–Crippen MR) is 61.1 cm³/mol. The lowest BCUT2D eigenvalue weighted by Gasteiger charge is -2.18. The minimum Gasteiger partial charge on any atom is -0.207 e. The summed E-state index contributed by atoms with van der Waals surface area (Å²) in [6.45, 7) is 2.38. The van der Waals surface area contributed by atoms with E-state index in [1.54, 1.807) is 37.3 Å². The zero-order valence-electron chi connectivity index (χ0n) is 9.13. The van der Waals surface area contributed by atoms with Crippen molar-refractivity contribution >= 4 is 10.0 Å². The maximum Gasteiger partial charge on any atom is 0.243 e. The van der Waals surface area contributed by atoms with E-state index in [-0.39, 0.29) is 17.9 Å². The van der Waals surface area contributed by atoms with Gasteiger partial charge in [-0.05, 0) is 12.1 Å². The summed E-state index contributed by atoms with van der Waals surface area (Å²) in [7, 11) is -3.44. The van der Waals surface area contributed by atoms with Crippen molar-refractivity contribution < 1.29 is 8.42 Å². The Morgan fingerprint density at radius 3 is 2.44 bits per heavy atom. The summed E-state index contributed by atoms with van der Waals surface area (Å²) in [4.78, 5) is 0.273. The van der Waals surface area contributed by atoms with Gasteiger partial charge in [0.25, 0.3) is 0 Å². The van der Waals surface area contributed by atoms with Crippen molar-refractivity contribution in [2.24, 2.45) is 0 Å². The maximum atomic E-state index is 12.1. The van der Waals surface area contributed by atoms with Gasteiger partial charge < -0.3 is 0 Å². The zero-order valence-corrected chi connectivity index (χ0v) is 9.94. The number of hydrogen-bond donors (Lipinski definition) is 0. The number of nitrogens with zero attached hydrogens (tertiary/aromatic N) is 2. The lowest BCUT2D eigenvalue weighted by Crippen LogP contribution is -2.31. The van der Waals surface area contributed by atoms with Crippen LogP contribution >= 0.6 is 0 Å². The van der Waals surface area contributed by atoms with Crippen LogP contribution in [0.3, 0.4) is 0 Å². The summed E-state index contributed by atoms with van der Waals surface area (Å²) in [6.07, 6.45) is 0.208. The summed E-state index contributed by atoms with van der Waals surface area (Å²) in [6, 6.07) is 10.2. The Hall–Kier alpha value is -1.38. The summed E-state index contributed by atoms with van der Waals surface area (Å²) in [5.74, 6) is 0. The van der Waals surface area contributed by atoms with Gasteiger partial charge in [-0.3, -0.25) is 0 Å². The van der Waals surface area contributed by atoms with Crippen LogP contribution in [0.15, 0.2) is 35.2 Å². The second kappa shape index (κ2) is 5.64. The third kappa shape index (κ3) is 2.81. The summed E-state index contributed by atoms with van der Waals surface area (Å²) in [5, 5.41) is 8.48. The molecule has 16 heavy (non-hydrogen) atoms. The molecule has 1 aromatic rings. The summed E-state index contributed by atoms with van der Waals surface area (Å²) >= 11 is 0. The zero-order chi connectivity index (χ0) is 12.0. The molecular formula is C11H14N2O2S. The van der Waals surface area contributed by atoms with Gasteiger partial charge in [0, 0.05) is 19.5 Å². The molecule has 0 fully saturated rings. The van der Waals surface area contributed by atoms with Crippen LogP contribution in [-0.4, -0.2) is 25.8 Å². The van der Waals surface area contributed by atoms with Crippen LogP contribution in [-0.2, 0) is 10.0 Å². The van der Waals surface area contributed by atoms with Gasteiger partial charge in [0.15, 0.2) is 0 Å². The first-order valence-corrected chi connectivity index (χ1v) is 6.49. The van der Waals surface area contributed by atoms with Crippen LogP contribution in [0.4, 0.5) is 0 Å². The van der Waals surface area contributed by atoms with Gasteiger partial charge in [-0.2, -0.15) is 9.57 Å². The van der Waals surface area contributed by atoms with Gasteiger partial charge in [0.2, 0.25) is 10.0 Å². The van der Waals surface area contributed by atoms with Crippen LogP contribution in [0, 0.1) is 11.3 Å². The van der Waals surface area contributed by atoms with Crippen molar-refractivity contribution in [3.8, 4) is 6.07 Å². The van der Waals surface area contributed by atoms with E-state index in [1.807, 2.05) is 6.07 Å². The quantitative estimate of drug-likeness (QED) is 0.783. The topological polar surface area (TPSA) is 61.2 Å². The first-order chi connectivity index (χ1) is 7.62. The molecule has 0 N–H and O–H groups in total. The van der Waals surface area contributed by atoms with Crippen LogP contribution < -0.4 is 0 Å². The van der Waals surface area contributed by atoms with Crippen LogP contribution in [0.2, 0.25) is 0 Å². The SMILES string of the molecule is CCN(CCC#N)S(=O)(=O)c1ccccc1. The molecule has 0 aliphatic rings. The molecule has 0 aliphatic heterocycles. The van der Waals surface area contributed by atoms with E-state index in [9.17, 15) is 8.42 Å². The maximum absolute atomic E-state index is 12.1. The fraction of sp³-hybridized carbons (Fsp3) is 0.364. The molecule has 0 amide bonds. The molecule has 86 valence electrons. The van der Waals surface area contributed by atoms with Crippen LogP contribution in [0.5, 0.6) is 0 Å². The molecular weight excluding hydrogens is 224 g/mol. The lowest BCUT2D eigenvalue weighted by molar-refractivity contribution is 0.435. The molecule has 5 heteroatoms. The molecule has 0 aromatic heterocycles. The van der Waals surface area contributed by atoms with Crippen molar-refractivity contribution in [2.45, 2.75) is 18.2 Å². The highest BCUT2D eigenvalue weighted by atomic mass is 32.2. The first kappa shape index (κ1) is 12.7. The smallest absolute Gasteiger partial charge is 0.207 e. The van der Waals surface area contributed by atoms with Gasteiger partial charge in [0.1, 0.15) is 0 Å². The average molecular weight is 238 g/mol. The monoisotopic (exact) mass is 238 g/mol. The highest BCUT2D eigenvalue weighted by molar-refractivity contribution is 7.89. The van der Waals surface area contributed by atoms with Crippen LogP contribution in [0.1, 0.15) is 13.3 Å². The largest absolute Gasteiger partial charge is 0.243 e. The first-order valence-electron chi connectivity index (χ1n) is 5.05. The molecule has 1 rings (SSSR count). The van der Waals surface area contributed by atoms with Crippen molar-refractivity contribution in [2.75, 3.05) is 13.1 Å². The number of nitriles is 1. The van der Waals surface area contributed by atoms with E-state index in [1.165, 1.54) is 4.31 Å². The third-order valence-corrected chi connectivity index (χ3v) is 4.20. The highest BCUT2D eigenvalue weighted by Crippen LogP contribution is 2.14. The molecule has 0 saturated carbocycles. The Morgan fingerprint density at radius 1 is 1.31 bits per heavy atom. The summed E-state index contributed by atoms with van der Waals surface area (Å²) in [5.41, 5.74) is 0. The van der Waals surface area contributed by atoms with E-state index < -0.39 is 10.0 Å². The summed E-state index contributed by atoms with van der Waals surface area (Å²) < 4.78 is 25.5. The third-order valence-electron chi connectivity index (χ3n) is 2.21. The van der Waals surface area contributed by atoms with Gasteiger partial charge in [0.05, 0.1) is 11.0 Å². The predicted octanol–water partition coefficient (Wildman–Crippen LogP) is 1.61. The molecule has 0 atom stereocenters. The van der Waals surface area contributed by atoms with Gasteiger partial charge in [-0.25, -0.2) is 8.42 Å². The normalized spacial score (nSPS) is 11.3. The second-order valence-corrected chi connectivity index (χ2v) is 5.16. The van der Waals surface area contributed by atoms with Crippen molar-refractivity contribution in [1.29, 1.82) is 5.26 Å². The van der Waals surface area contributed by atoms with E-state index in [4.69, 9.17) is 5.26 Å². The molecule has 0 heterocycles. The number of benzene rings is 1. The van der Waals surface area contributed by atoms with Crippen molar-refractivity contribution in [3.05, 3.63) is 30.3 Å². The Balaban J connectivity index is 2.97. The molecule has 0 bridgehead atoms. The molecule has 0 aliphatic carbocycles. The Morgan fingerprint density at radius 2 is 1.94 bits per heavy atom. The van der Waals surface area contributed by atoms with E-state index in [2.05, 4.69) is 0 Å². The number of rotatable bonds is 5. The Bertz CT molecular complexity index is 463. The molecule has 4 nitrogen and oxygen atoms in total.